The first kappa shape index (κ1) is 21.2. The molecule has 0 aromatic heterocycles. The fourth-order valence-corrected chi connectivity index (χ4v) is 3.52. The molecule has 0 spiro atoms. The molecule has 0 bridgehead atoms. The van der Waals surface area contributed by atoms with Gasteiger partial charge in [0.1, 0.15) is 17.5 Å². The summed E-state index contributed by atoms with van der Waals surface area (Å²) < 4.78 is 25.2. The largest absolute Gasteiger partial charge is 0.444 e. The monoisotopic (exact) mass is 409 g/mol. The van der Waals surface area contributed by atoms with E-state index in [2.05, 4.69) is 0 Å². The summed E-state index contributed by atoms with van der Waals surface area (Å²) in [5.74, 6) is -0.471. The van der Waals surface area contributed by atoms with Gasteiger partial charge in [0, 0.05) is 26.2 Å². The Labute approximate surface area is 169 Å². The number of aliphatic hydroxyl groups excluding tert-OH is 1. The Kier molecular flexibility index (Phi) is 5.88. The summed E-state index contributed by atoms with van der Waals surface area (Å²) >= 11 is 0. The van der Waals surface area contributed by atoms with Crippen LogP contribution in [0.3, 0.4) is 0 Å². The molecular weight excluding hydrogens is 381 g/mol. The second-order valence-electron chi connectivity index (χ2n) is 8.41. The summed E-state index contributed by atoms with van der Waals surface area (Å²) in [5, 5.41) is 9.14. The Morgan fingerprint density at radius 2 is 2.10 bits per heavy atom. The molecule has 0 radical (unpaired) electrons. The van der Waals surface area contributed by atoms with Crippen LogP contribution in [0.1, 0.15) is 27.2 Å². The van der Waals surface area contributed by atoms with Gasteiger partial charge in [0.25, 0.3) is 0 Å². The smallest absolute Gasteiger partial charge is 0.414 e. The van der Waals surface area contributed by atoms with Crippen LogP contribution in [0, 0.1) is 5.82 Å². The van der Waals surface area contributed by atoms with Crippen molar-refractivity contribution in [3.63, 3.8) is 0 Å². The highest BCUT2D eigenvalue weighted by Crippen LogP contribution is 2.30. The van der Waals surface area contributed by atoms with Crippen LogP contribution in [0.25, 0.3) is 0 Å². The summed E-state index contributed by atoms with van der Waals surface area (Å²) in [7, 11) is 1.78. The first-order chi connectivity index (χ1) is 13.6. The third kappa shape index (κ3) is 4.72. The Morgan fingerprint density at radius 1 is 1.38 bits per heavy atom. The normalized spacial score (nSPS) is 22.1. The number of likely N-dealkylation sites (N-methyl/N-ethyl adjacent to an activating group) is 1. The molecule has 1 aromatic carbocycles. The van der Waals surface area contributed by atoms with Gasteiger partial charge in [0.2, 0.25) is 0 Å². The number of carbonyl (C=O) groups is 2. The van der Waals surface area contributed by atoms with Gasteiger partial charge in [-0.15, -0.1) is 0 Å². The molecular formula is C20H28FN3O5. The molecule has 160 valence electrons. The van der Waals surface area contributed by atoms with Crippen molar-refractivity contribution >= 4 is 23.6 Å². The van der Waals surface area contributed by atoms with Crippen molar-refractivity contribution in [1.29, 1.82) is 0 Å². The van der Waals surface area contributed by atoms with Gasteiger partial charge in [0.05, 0.1) is 24.5 Å². The number of rotatable bonds is 4. The van der Waals surface area contributed by atoms with Gasteiger partial charge in [-0.25, -0.2) is 14.0 Å². The zero-order valence-corrected chi connectivity index (χ0v) is 17.2. The number of hydrogen-bond donors (Lipinski definition) is 1. The van der Waals surface area contributed by atoms with E-state index in [1.807, 2.05) is 25.7 Å². The summed E-state index contributed by atoms with van der Waals surface area (Å²) in [4.78, 5) is 28.9. The Bertz CT molecular complexity index is 782. The number of anilines is 2. The standard InChI is InChI=1S/C20H28FN3O5/c1-20(2,3)29-18(26)23-8-7-14(10-23)22(4)17-6-5-13(9-16(17)21)24-11-15(12-25)28-19(24)27/h5-6,9,14-15,25H,7-8,10-12H2,1-4H3/t14?,15-/m1/s1. The van der Waals surface area contributed by atoms with Gasteiger partial charge in [-0.2, -0.15) is 0 Å². The van der Waals surface area contributed by atoms with E-state index in [0.717, 1.165) is 0 Å². The third-order valence-corrected chi connectivity index (χ3v) is 5.06. The predicted molar refractivity (Wildman–Crippen MR) is 106 cm³/mol. The fourth-order valence-electron chi connectivity index (χ4n) is 3.52. The summed E-state index contributed by atoms with van der Waals surface area (Å²) in [6.07, 6.45) is -0.873. The van der Waals surface area contributed by atoms with E-state index in [0.29, 0.717) is 30.9 Å². The Morgan fingerprint density at radius 3 is 2.69 bits per heavy atom. The highest BCUT2D eigenvalue weighted by molar-refractivity contribution is 5.90. The minimum absolute atomic E-state index is 0.0432. The van der Waals surface area contributed by atoms with Crippen molar-refractivity contribution in [1.82, 2.24) is 4.90 Å². The van der Waals surface area contributed by atoms with Crippen LogP contribution in [0.2, 0.25) is 0 Å². The molecule has 2 fully saturated rings. The lowest BCUT2D eigenvalue weighted by Gasteiger charge is -2.28. The number of hydrogen-bond acceptors (Lipinski definition) is 6. The van der Waals surface area contributed by atoms with E-state index in [9.17, 15) is 14.0 Å². The first-order valence-electron chi connectivity index (χ1n) is 9.68. The molecule has 3 rings (SSSR count). The molecule has 9 heteroatoms. The Balaban J connectivity index is 1.67. The molecule has 29 heavy (non-hydrogen) atoms. The van der Waals surface area contributed by atoms with Crippen LogP contribution < -0.4 is 9.80 Å². The molecule has 8 nitrogen and oxygen atoms in total. The topological polar surface area (TPSA) is 82.5 Å². The predicted octanol–water partition coefficient (Wildman–Crippen LogP) is 2.59. The van der Waals surface area contributed by atoms with Gasteiger partial charge in [-0.1, -0.05) is 0 Å². The number of aliphatic hydroxyl groups is 1. The SMILES string of the molecule is CN(c1ccc(N2C[C@H](CO)OC2=O)cc1F)C1CCN(C(=O)OC(C)(C)C)C1. The Hall–Kier alpha value is -2.55. The summed E-state index contributed by atoms with van der Waals surface area (Å²) in [6, 6.07) is 4.50. The van der Waals surface area contributed by atoms with E-state index < -0.39 is 23.6 Å². The van der Waals surface area contributed by atoms with Crippen LogP contribution in [-0.2, 0) is 9.47 Å². The highest BCUT2D eigenvalue weighted by atomic mass is 19.1. The minimum atomic E-state index is -0.606. The van der Waals surface area contributed by atoms with E-state index >= 15 is 0 Å². The van der Waals surface area contributed by atoms with Gasteiger partial charge in [-0.3, -0.25) is 4.90 Å². The highest BCUT2D eigenvalue weighted by Gasteiger charge is 2.34. The molecule has 2 aliphatic rings. The van der Waals surface area contributed by atoms with Crippen molar-refractivity contribution in [2.45, 2.75) is 44.9 Å². The minimum Gasteiger partial charge on any atom is -0.444 e. The maximum Gasteiger partial charge on any atom is 0.414 e. The third-order valence-electron chi connectivity index (χ3n) is 5.06. The number of ether oxygens (including phenoxy) is 2. The molecule has 1 aromatic rings. The van der Waals surface area contributed by atoms with Gasteiger partial charge < -0.3 is 24.4 Å². The van der Waals surface area contributed by atoms with Crippen molar-refractivity contribution < 1.29 is 28.6 Å². The van der Waals surface area contributed by atoms with Crippen LogP contribution in [0.4, 0.5) is 25.4 Å². The van der Waals surface area contributed by atoms with Gasteiger partial charge in [-0.05, 0) is 45.4 Å². The van der Waals surface area contributed by atoms with Gasteiger partial charge >= 0.3 is 12.2 Å². The summed E-state index contributed by atoms with van der Waals surface area (Å²) in [5.41, 5.74) is 0.202. The molecule has 0 saturated carbocycles. The number of halogens is 1. The van der Waals surface area contributed by atoms with E-state index in [-0.39, 0.29) is 25.3 Å². The number of benzene rings is 1. The molecule has 2 amide bonds. The zero-order chi connectivity index (χ0) is 21.3. The molecule has 2 heterocycles. The lowest BCUT2D eigenvalue weighted by atomic mass is 10.1. The lowest BCUT2D eigenvalue weighted by Crippen LogP contribution is -2.39. The molecule has 2 aliphatic heterocycles. The van der Waals surface area contributed by atoms with Gasteiger partial charge in [0.15, 0.2) is 0 Å². The maximum atomic E-state index is 14.8. The second-order valence-corrected chi connectivity index (χ2v) is 8.41. The number of amides is 2. The average molecular weight is 409 g/mol. The lowest BCUT2D eigenvalue weighted by molar-refractivity contribution is 0.0292. The van der Waals surface area contributed by atoms with E-state index in [1.54, 1.807) is 24.1 Å². The van der Waals surface area contributed by atoms with E-state index in [4.69, 9.17) is 14.6 Å². The molecule has 2 atom stereocenters. The van der Waals surface area contributed by atoms with Crippen LogP contribution >= 0.6 is 0 Å². The van der Waals surface area contributed by atoms with Crippen LogP contribution in [0.15, 0.2) is 18.2 Å². The van der Waals surface area contributed by atoms with E-state index in [1.165, 1.54) is 11.0 Å². The number of nitrogens with zero attached hydrogens (tertiary/aromatic N) is 3. The quantitative estimate of drug-likeness (QED) is 0.823. The van der Waals surface area contributed by atoms with Crippen molar-refractivity contribution in [2.24, 2.45) is 0 Å². The van der Waals surface area contributed by atoms with Crippen LogP contribution in [-0.4, -0.2) is 73.2 Å². The number of carbonyl (C=O) groups excluding carboxylic acids is 2. The van der Waals surface area contributed by atoms with Crippen molar-refractivity contribution in [3.05, 3.63) is 24.0 Å². The maximum absolute atomic E-state index is 14.8. The molecule has 1 unspecified atom stereocenters. The second kappa shape index (κ2) is 8.06. The van der Waals surface area contributed by atoms with Crippen molar-refractivity contribution in [2.75, 3.05) is 43.1 Å². The molecule has 2 saturated heterocycles. The first-order valence-corrected chi connectivity index (χ1v) is 9.68. The molecule has 1 N–H and O–H groups in total. The summed E-state index contributed by atoms with van der Waals surface area (Å²) in [6.45, 7) is 6.36. The zero-order valence-electron chi connectivity index (χ0n) is 17.2. The molecule has 0 aliphatic carbocycles. The number of likely N-dealkylation sites (tertiary alicyclic amines) is 1. The number of cyclic esters (lactones) is 1. The van der Waals surface area contributed by atoms with Crippen molar-refractivity contribution in [3.8, 4) is 0 Å². The average Bonchev–Trinajstić information content (AvgIpc) is 3.26. The fraction of sp³-hybridized carbons (Fsp3) is 0.600. The van der Waals surface area contributed by atoms with Crippen LogP contribution in [0.5, 0.6) is 0 Å².